The molecular weight excluding hydrogens is 430 g/mol. The molecule has 2 atom stereocenters. The summed E-state index contributed by atoms with van der Waals surface area (Å²) in [6.45, 7) is 2.79. The second-order valence-electron chi connectivity index (χ2n) is 9.40. The molecule has 2 aromatic rings. The topological polar surface area (TPSA) is 73.3 Å². The first-order chi connectivity index (χ1) is 16.6. The largest absolute Gasteiger partial charge is 0.465 e. The lowest BCUT2D eigenvalue weighted by molar-refractivity contribution is 0.0936. The highest BCUT2D eigenvalue weighted by Crippen LogP contribution is 2.35. The molecule has 5 rings (SSSR count). The molecule has 3 fully saturated rings. The van der Waals surface area contributed by atoms with Crippen LogP contribution in [0.1, 0.15) is 36.8 Å². The van der Waals surface area contributed by atoms with Gasteiger partial charge < -0.3 is 24.5 Å². The number of benzene rings is 2. The van der Waals surface area contributed by atoms with E-state index in [9.17, 15) is 14.7 Å². The van der Waals surface area contributed by atoms with Gasteiger partial charge in [0.15, 0.2) is 0 Å². The predicted molar refractivity (Wildman–Crippen MR) is 131 cm³/mol. The number of ether oxygens (including phenoxy) is 1. The van der Waals surface area contributed by atoms with Crippen LogP contribution in [-0.2, 0) is 11.3 Å². The normalized spacial score (nSPS) is 22.0. The second-order valence-corrected chi connectivity index (χ2v) is 9.40. The number of likely N-dealkylation sites (tertiary alicyclic amines) is 2. The van der Waals surface area contributed by atoms with E-state index in [0.29, 0.717) is 32.8 Å². The molecule has 34 heavy (non-hydrogen) atoms. The van der Waals surface area contributed by atoms with E-state index in [4.69, 9.17) is 4.74 Å². The summed E-state index contributed by atoms with van der Waals surface area (Å²) in [6, 6.07) is 18.8. The summed E-state index contributed by atoms with van der Waals surface area (Å²) in [5.41, 5.74) is 4.66. The Morgan fingerprint density at radius 3 is 2.32 bits per heavy atom. The molecule has 7 nitrogen and oxygen atoms in total. The molecule has 2 bridgehead atoms. The number of rotatable bonds is 4. The van der Waals surface area contributed by atoms with Crippen molar-refractivity contribution in [2.75, 3.05) is 31.1 Å². The highest BCUT2D eigenvalue weighted by Gasteiger charge is 2.41. The zero-order chi connectivity index (χ0) is 23.5. The van der Waals surface area contributed by atoms with Gasteiger partial charge in [-0.25, -0.2) is 9.59 Å². The van der Waals surface area contributed by atoms with Crippen LogP contribution in [0.4, 0.5) is 15.3 Å². The molecular formula is C27H31N3O4. The van der Waals surface area contributed by atoms with E-state index in [-0.39, 0.29) is 18.2 Å². The van der Waals surface area contributed by atoms with Gasteiger partial charge in [0.25, 0.3) is 0 Å². The summed E-state index contributed by atoms with van der Waals surface area (Å²) < 4.78 is 5.47. The Morgan fingerprint density at radius 1 is 0.941 bits per heavy atom. The summed E-state index contributed by atoms with van der Waals surface area (Å²) in [5, 5.41) is 9.39. The Kier molecular flexibility index (Phi) is 6.43. The van der Waals surface area contributed by atoms with Crippen LogP contribution in [0.5, 0.6) is 0 Å². The first kappa shape index (κ1) is 22.3. The number of amides is 2. The standard InChI is InChI=1S/C27H31N3O4/c31-26(32)29-17-24-9-10-25(18-29)30(24)23-8-4-7-22(16-23)15-20-11-13-28(14-12-20)27(33)34-19-21-5-2-1-3-6-21/h1-8,15-16,24-25H,9-14,17-19H2,(H,31,32). The third kappa shape index (κ3) is 4.88. The minimum absolute atomic E-state index is 0.249. The van der Waals surface area contributed by atoms with Gasteiger partial charge in [-0.1, -0.05) is 54.1 Å². The van der Waals surface area contributed by atoms with E-state index in [1.165, 1.54) is 11.3 Å². The van der Waals surface area contributed by atoms with E-state index < -0.39 is 6.09 Å². The SMILES string of the molecule is O=C(O)N1CC2CCC(C1)N2c1cccc(C=C2CCN(C(=O)OCc3ccccc3)CC2)c1. The number of hydrogen-bond donors (Lipinski definition) is 1. The molecule has 1 N–H and O–H groups in total. The Balaban J connectivity index is 1.18. The Hall–Kier alpha value is -3.48. The fourth-order valence-corrected chi connectivity index (χ4v) is 5.42. The van der Waals surface area contributed by atoms with Crippen molar-refractivity contribution in [3.05, 3.63) is 71.3 Å². The van der Waals surface area contributed by atoms with Crippen LogP contribution in [-0.4, -0.2) is 65.4 Å². The fraction of sp³-hybridized carbons (Fsp3) is 0.407. The highest BCUT2D eigenvalue weighted by atomic mass is 16.6. The summed E-state index contributed by atoms with van der Waals surface area (Å²) in [7, 11) is 0. The molecule has 3 aliphatic rings. The van der Waals surface area contributed by atoms with Gasteiger partial charge in [-0.2, -0.15) is 0 Å². The van der Waals surface area contributed by atoms with Crippen molar-refractivity contribution < 1.29 is 19.4 Å². The van der Waals surface area contributed by atoms with Gasteiger partial charge in [-0.3, -0.25) is 0 Å². The Morgan fingerprint density at radius 2 is 1.65 bits per heavy atom. The molecule has 0 aromatic heterocycles. The maximum absolute atomic E-state index is 12.4. The Labute approximate surface area is 200 Å². The molecule has 2 amide bonds. The molecule has 3 heterocycles. The Bertz CT molecular complexity index is 1050. The van der Waals surface area contributed by atoms with E-state index >= 15 is 0 Å². The lowest BCUT2D eigenvalue weighted by atomic mass is 10.0. The molecule has 7 heteroatoms. The zero-order valence-corrected chi connectivity index (χ0v) is 19.3. The van der Waals surface area contributed by atoms with Crippen molar-refractivity contribution >= 4 is 23.9 Å². The summed E-state index contributed by atoms with van der Waals surface area (Å²) in [6.07, 6.45) is 4.93. The first-order valence-corrected chi connectivity index (χ1v) is 12.1. The van der Waals surface area contributed by atoms with E-state index in [1.54, 1.807) is 9.80 Å². The van der Waals surface area contributed by atoms with E-state index in [0.717, 1.165) is 36.8 Å². The molecule has 178 valence electrons. The molecule has 0 spiro atoms. The van der Waals surface area contributed by atoms with Crippen LogP contribution < -0.4 is 4.90 Å². The number of fused-ring (bicyclic) bond motifs is 2. The molecule has 0 radical (unpaired) electrons. The van der Waals surface area contributed by atoms with Crippen LogP contribution in [0, 0.1) is 0 Å². The van der Waals surface area contributed by atoms with Crippen LogP contribution in [0.15, 0.2) is 60.2 Å². The van der Waals surface area contributed by atoms with Gasteiger partial charge in [-0.05, 0) is 48.9 Å². The molecule has 3 aliphatic heterocycles. The third-order valence-corrected chi connectivity index (χ3v) is 7.16. The number of piperidine rings is 1. The average molecular weight is 462 g/mol. The minimum Gasteiger partial charge on any atom is -0.465 e. The summed E-state index contributed by atoms with van der Waals surface area (Å²) in [5.74, 6) is 0. The maximum Gasteiger partial charge on any atom is 0.410 e. The van der Waals surface area contributed by atoms with Crippen LogP contribution in [0.25, 0.3) is 6.08 Å². The first-order valence-electron chi connectivity index (χ1n) is 12.1. The zero-order valence-electron chi connectivity index (χ0n) is 19.3. The number of hydrogen-bond acceptors (Lipinski definition) is 4. The minimum atomic E-state index is -0.815. The van der Waals surface area contributed by atoms with Gasteiger partial charge in [0, 0.05) is 44.0 Å². The van der Waals surface area contributed by atoms with Crippen molar-refractivity contribution in [2.45, 2.75) is 44.4 Å². The fourth-order valence-electron chi connectivity index (χ4n) is 5.42. The number of nitrogens with zero attached hydrogens (tertiary/aromatic N) is 3. The van der Waals surface area contributed by atoms with Gasteiger partial charge in [0.1, 0.15) is 6.61 Å². The summed E-state index contributed by atoms with van der Waals surface area (Å²) in [4.78, 5) is 29.6. The number of carbonyl (C=O) groups excluding carboxylic acids is 1. The molecule has 2 unspecified atom stereocenters. The molecule has 2 aromatic carbocycles. The third-order valence-electron chi connectivity index (χ3n) is 7.16. The number of piperazine rings is 1. The summed E-state index contributed by atoms with van der Waals surface area (Å²) >= 11 is 0. The van der Waals surface area contributed by atoms with Gasteiger partial charge >= 0.3 is 12.2 Å². The smallest absolute Gasteiger partial charge is 0.410 e. The van der Waals surface area contributed by atoms with Crippen molar-refractivity contribution in [2.24, 2.45) is 0 Å². The second kappa shape index (κ2) is 9.79. The van der Waals surface area contributed by atoms with Crippen LogP contribution in [0.2, 0.25) is 0 Å². The number of carbonyl (C=O) groups is 2. The molecule has 3 saturated heterocycles. The van der Waals surface area contributed by atoms with Gasteiger partial charge in [0.2, 0.25) is 0 Å². The lowest BCUT2D eigenvalue weighted by Gasteiger charge is -2.41. The number of carboxylic acid groups (broad SMARTS) is 1. The van der Waals surface area contributed by atoms with Gasteiger partial charge in [0.05, 0.1) is 0 Å². The van der Waals surface area contributed by atoms with E-state index in [2.05, 4.69) is 35.2 Å². The monoisotopic (exact) mass is 461 g/mol. The average Bonchev–Trinajstić information content (AvgIpc) is 3.12. The van der Waals surface area contributed by atoms with Crippen molar-refractivity contribution in [3.8, 4) is 0 Å². The molecule has 0 aliphatic carbocycles. The van der Waals surface area contributed by atoms with E-state index in [1.807, 2.05) is 30.3 Å². The van der Waals surface area contributed by atoms with Crippen molar-refractivity contribution in [3.63, 3.8) is 0 Å². The quantitative estimate of drug-likeness (QED) is 0.706. The van der Waals surface area contributed by atoms with Crippen molar-refractivity contribution in [1.29, 1.82) is 0 Å². The van der Waals surface area contributed by atoms with Gasteiger partial charge in [-0.15, -0.1) is 0 Å². The molecule has 0 saturated carbocycles. The van der Waals surface area contributed by atoms with Crippen LogP contribution in [0.3, 0.4) is 0 Å². The lowest BCUT2D eigenvalue weighted by Crippen LogP contribution is -2.55. The predicted octanol–water partition coefficient (Wildman–Crippen LogP) is 4.83. The van der Waals surface area contributed by atoms with Crippen molar-refractivity contribution in [1.82, 2.24) is 9.80 Å². The maximum atomic E-state index is 12.4. The number of anilines is 1. The highest BCUT2D eigenvalue weighted by molar-refractivity contribution is 5.69. The van der Waals surface area contributed by atoms with Crippen LogP contribution >= 0.6 is 0 Å².